The molecule has 1 aliphatic heterocycles. The van der Waals surface area contributed by atoms with Crippen LogP contribution < -0.4 is 22.3 Å². The van der Waals surface area contributed by atoms with Crippen LogP contribution in [0.2, 0.25) is 0 Å². The van der Waals surface area contributed by atoms with Crippen molar-refractivity contribution in [3.8, 4) is 16.8 Å². The summed E-state index contributed by atoms with van der Waals surface area (Å²) in [6.45, 7) is 5.19. The number of aromatic nitrogens is 3. The number of H-pyrrole nitrogens is 1. The zero-order valence-electron chi connectivity index (χ0n) is 26.4. The molecule has 12 heteroatoms. The molecule has 1 saturated heterocycles. The van der Waals surface area contributed by atoms with Crippen LogP contribution in [0.5, 0.6) is 0 Å². The Labute approximate surface area is 271 Å². The maximum Gasteiger partial charge on any atom is 0.335 e. The number of carbonyl (C=O) groups is 2. The third-order valence-electron chi connectivity index (χ3n) is 8.81. The summed E-state index contributed by atoms with van der Waals surface area (Å²) in [4.78, 5) is 61.9. The number of aliphatic imine (C=N–C) groups is 1. The second-order valence-corrected chi connectivity index (χ2v) is 12.4. The van der Waals surface area contributed by atoms with Gasteiger partial charge in [0.15, 0.2) is 0 Å². The van der Waals surface area contributed by atoms with Crippen molar-refractivity contribution < 1.29 is 9.59 Å². The fourth-order valence-electron chi connectivity index (χ4n) is 6.11. The summed E-state index contributed by atoms with van der Waals surface area (Å²) in [6.07, 6.45) is 5.50. The number of hydrogen-bond donors (Lipinski definition) is 4. The number of anilines is 1. The Kier molecular flexibility index (Phi) is 8.75. The van der Waals surface area contributed by atoms with Gasteiger partial charge in [-0.3, -0.25) is 24.4 Å². The molecule has 12 nitrogen and oxygen atoms in total. The third-order valence-corrected chi connectivity index (χ3v) is 8.81. The smallest absolute Gasteiger partial charge is 0.335 e. The van der Waals surface area contributed by atoms with Gasteiger partial charge in [0.05, 0.1) is 11.4 Å². The maximum absolute atomic E-state index is 13.5. The number of likely N-dealkylation sites (tertiary alicyclic amines) is 1. The second-order valence-electron chi connectivity index (χ2n) is 12.4. The molecule has 5 N–H and O–H groups in total. The minimum atomic E-state index is -0.683. The van der Waals surface area contributed by atoms with E-state index in [0.717, 1.165) is 53.4 Å². The average molecular weight is 635 g/mol. The molecule has 3 heterocycles. The van der Waals surface area contributed by atoms with Crippen LogP contribution in [-0.4, -0.2) is 56.1 Å². The van der Waals surface area contributed by atoms with E-state index in [1.165, 1.54) is 10.8 Å². The number of amidine groups is 1. The molecule has 0 bridgehead atoms. The number of nitrogens with one attached hydrogen (secondary N) is 3. The first-order chi connectivity index (χ1) is 22.7. The highest BCUT2D eigenvalue weighted by Crippen LogP contribution is 2.35. The number of piperidine rings is 1. The first-order valence-corrected chi connectivity index (χ1v) is 15.9. The Morgan fingerprint density at radius 3 is 2.32 bits per heavy atom. The first-order valence-electron chi connectivity index (χ1n) is 15.9. The maximum atomic E-state index is 13.5. The molecule has 2 aromatic heterocycles. The van der Waals surface area contributed by atoms with Crippen molar-refractivity contribution in [2.45, 2.75) is 51.5 Å². The Morgan fingerprint density at radius 2 is 1.70 bits per heavy atom. The predicted molar refractivity (Wildman–Crippen MR) is 182 cm³/mol. The second kappa shape index (κ2) is 13.1. The Bertz CT molecular complexity index is 1960. The summed E-state index contributed by atoms with van der Waals surface area (Å²) in [5, 5.41) is 10.2. The lowest BCUT2D eigenvalue weighted by Gasteiger charge is -2.32. The van der Waals surface area contributed by atoms with Crippen molar-refractivity contribution in [1.82, 2.24) is 19.0 Å². The van der Waals surface area contributed by atoms with Crippen LogP contribution in [0.25, 0.3) is 16.8 Å². The molecule has 1 aliphatic carbocycles. The summed E-state index contributed by atoms with van der Waals surface area (Å²) in [5.41, 5.74) is 9.03. The van der Waals surface area contributed by atoms with E-state index in [-0.39, 0.29) is 35.2 Å². The van der Waals surface area contributed by atoms with Gasteiger partial charge in [-0.1, -0.05) is 44.2 Å². The number of aromatic amines is 1. The monoisotopic (exact) mass is 634 g/mol. The minimum Gasteiger partial charge on any atom is -0.382 e. The third kappa shape index (κ3) is 6.44. The highest BCUT2D eigenvalue weighted by molar-refractivity contribution is 6.06. The van der Waals surface area contributed by atoms with Crippen LogP contribution in [-0.2, 0) is 4.79 Å². The number of nitrogens with zero attached hydrogens (tertiary/aromatic N) is 4. The number of rotatable bonds is 9. The largest absolute Gasteiger partial charge is 0.382 e. The average Bonchev–Trinajstić information content (AvgIpc) is 3.82. The lowest BCUT2D eigenvalue weighted by atomic mass is 9.92. The zero-order valence-corrected chi connectivity index (χ0v) is 26.4. The molecule has 2 amide bonds. The quantitative estimate of drug-likeness (QED) is 0.159. The number of hydrogen-bond acceptors (Lipinski definition) is 5. The molecule has 1 saturated carbocycles. The molecule has 0 atom stereocenters. The van der Waals surface area contributed by atoms with Gasteiger partial charge in [-0.25, -0.2) is 14.4 Å². The van der Waals surface area contributed by atoms with Gasteiger partial charge >= 0.3 is 5.69 Å². The lowest BCUT2D eigenvalue weighted by molar-refractivity contribution is -0.135. The number of amides is 2. The SMILES string of the molecule is CC(C)C(=O)N1CCC(c2cc(-c3ccc(NC(=O)c4cn(C5CC5)c(=O)n(-c5ccccc5)c4=O)cc3)c(/C(N)=N\C=N)[nH]2)CC1. The molecule has 47 heavy (non-hydrogen) atoms. The standard InChI is InChI=1S/C35H38N8O4/c1-21(2)33(45)41-16-14-23(15-17-41)29-18-27(30(40-29)31(37)38-20-36)22-8-10-24(11-9-22)39-32(44)28-19-42(25-12-13-25)35(47)43(34(28)46)26-6-4-3-5-7-26/h3-11,18-21,23,25,40H,12-17H2,1-2H3,(H,39,44)(H3,36,37,38). The van der Waals surface area contributed by atoms with Gasteiger partial charge < -0.3 is 20.9 Å². The van der Waals surface area contributed by atoms with E-state index in [1.807, 2.05) is 36.9 Å². The molecule has 2 aliphatic rings. The summed E-state index contributed by atoms with van der Waals surface area (Å²) in [7, 11) is 0. The molecule has 2 fully saturated rings. The summed E-state index contributed by atoms with van der Waals surface area (Å²) < 4.78 is 2.53. The predicted octanol–water partition coefficient (Wildman–Crippen LogP) is 4.26. The topological polar surface area (TPSA) is 171 Å². The van der Waals surface area contributed by atoms with Crippen molar-refractivity contribution in [3.63, 3.8) is 0 Å². The van der Waals surface area contributed by atoms with Crippen molar-refractivity contribution in [3.05, 3.63) is 105 Å². The van der Waals surface area contributed by atoms with Crippen LogP contribution in [0.3, 0.4) is 0 Å². The number of carbonyl (C=O) groups excluding carboxylic acids is 2. The van der Waals surface area contributed by atoms with E-state index in [0.29, 0.717) is 30.2 Å². The Morgan fingerprint density at radius 1 is 1.02 bits per heavy atom. The number of para-hydroxylation sites is 1. The van der Waals surface area contributed by atoms with Crippen molar-refractivity contribution in [1.29, 1.82) is 5.41 Å². The summed E-state index contributed by atoms with van der Waals surface area (Å²) >= 11 is 0. The van der Waals surface area contributed by atoms with Crippen molar-refractivity contribution in [2.75, 3.05) is 18.4 Å². The highest BCUT2D eigenvalue weighted by Gasteiger charge is 2.29. The summed E-state index contributed by atoms with van der Waals surface area (Å²) in [5.74, 6) is -0.116. The van der Waals surface area contributed by atoms with Crippen LogP contribution in [0.1, 0.15) is 73.2 Å². The molecule has 0 unspecified atom stereocenters. The molecular formula is C35H38N8O4. The van der Waals surface area contributed by atoms with Gasteiger partial charge in [0.25, 0.3) is 11.5 Å². The molecule has 0 radical (unpaired) electrons. The molecule has 242 valence electrons. The van der Waals surface area contributed by atoms with E-state index in [9.17, 15) is 19.2 Å². The van der Waals surface area contributed by atoms with Gasteiger partial charge in [-0.05, 0) is 61.6 Å². The lowest BCUT2D eigenvalue weighted by Crippen LogP contribution is -2.42. The molecule has 0 spiro atoms. The number of benzene rings is 2. The highest BCUT2D eigenvalue weighted by atomic mass is 16.2. The van der Waals surface area contributed by atoms with Crippen molar-refractivity contribution in [2.24, 2.45) is 16.6 Å². The fourth-order valence-corrected chi connectivity index (χ4v) is 6.11. The number of nitrogens with two attached hydrogens (primary N) is 1. The van der Waals surface area contributed by atoms with Gasteiger partial charge in [0.2, 0.25) is 5.91 Å². The van der Waals surface area contributed by atoms with Crippen LogP contribution in [0, 0.1) is 11.3 Å². The van der Waals surface area contributed by atoms with E-state index in [4.69, 9.17) is 11.1 Å². The van der Waals surface area contributed by atoms with Gasteiger partial charge in [0.1, 0.15) is 17.7 Å². The molecule has 4 aromatic rings. The zero-order chi connectivity index (χ0) is 33.2. The van der Waals surface area contributed by atoms with Crippen LogP contribution in [0.15, 0.2) is 81.4 Å². The van der Waals surface area contributed by atoms with Crippen LogP contribution in [0.4, 0.5) is 5.69 Å². The van der Waals surface area contributed by atoms with Crippen molar-refractivity contribution >= 4 is 29.7 Å². The van der Waals surface area contributed by atoms with E-state index in [1.54, 1.807) is 42.5 Å². The fraction of sp³-hybridized carbons (Fsp3) is 0.314. The van der Waals surface area contributed by atoms with E-state index in [2.05, 4.69) is 15.3 Å². The summed E-state index contributed by atoms with van der Waals surface area (Å²) in [6, 6.07) is 17.7. The normalized spacial score (nSPS) is 15.6. The minimum absolute atomic E-state index is 0.0365. The van der Waals surface area contributed by atoms with Gasteiger partial charge in [-0.2, -0.15) is 0 Å². The van der Waals surface area contributed by atoms with Crippen LogP contribution >= 0.6 is 0 Å². The molecule has 2 aromatic carbocycles. The van der Waals surface area contributed by atoms with E-state index < -0.39 is 17.2 Å². The molecular weight excluding hydrogens is 596 g/mol. The van der Waals surface area contributed by atoms with Gasteiger partial charge in [0, 0.05) is 54.1 Å². The van der Waals surface area contributed by atoms with E-state index >= 15 is 0 Å². The van der Waals surface area contributed by atoms with Gasteiger partial charge in [-0.15, -0.1) is 0 Å². The Hall–Kier alpha value is -5.52. The first kappa shape index (κ1) is 31.5. The Balaban J connectivity index is 1.25. The molecule has 6 rings (SSSR count).